The number of anilines is 1. The molecule has 8 nitrogen and oxygen atoms in total. The molecule has 1 aromatic carbocycles. The zero-order valence-electron chi connectivity index (χ0n) is 13.5. The first-order valence-electron chi connectivity index (χ1n) is 7.56. The van der Waals surface area contributed by atoms with Crippen LogP contribution in [0.2, 0.25) is 5.02 Å². The Morgan fingerprint density at radius 1 is 1.20 bits per heavy atom. The third kappa shape index (κ3) is 3.80. The van der Waals surface area contributed by atoms with Gasteiger partial charge in [0.1, 0.15) is 12.2 Å². The molecule has 0 atom stereocenters. The predicted octanol–water partition coefficient (Wildman–Crippen LogP) is 0.999. The van der Waals surface area contributed by atoms with Gasteiger partial charge in [0.25, 0.3) is 5.56 Å². The van der Waals surface area contributed by atoms with E-state index in [0.717, 1.165) is 16.6 Å². The Morgan fingerprint density at radius 3 is 2.64 bits per heavy atom. The molecule has 9 heteroatoms. The molecule has 0 aliphatic carbocycles. The minimum absolute atomic E-state index is 0.0235. The van der Waals surface area contributed by atoms with E-state index in [1.165, 1.54) is 17.8 Å². The third-order valence-electron chi connectivity index (χ3n) is 3.71. The lowest BCUT2D eigenvalue weighted by atomic mass is 10.1. The number of aryl methyl sites for hydroxylation is 3. The van der Waals surface area contributed by atoms with Crippen LogP contribution in [0.15, 0.2) is 44.6 Å². The number of benzene rings is 1. The predicted molar refractivity (Wildman–Crippen MR) is 92.6 cm³/mol. The van der Waals surface area contributed by atoms with Crippen LogP contribution >= 0.6 is 11.6 Å². The van der Waals surface area contributed by atoms with Gasteiger partial charge in [-0.3, -0.25) is 4.79 Å². The molecule has 3 aromatic rings. The van der Waals surface area contributed by atoms with Crippen molar-refractivity contribution >= 4 is 17.3 Å². The van der Waals surface area contributed by atoms with Crippen molar-refractivity contribution in [3.63, 3.8) is 0 Å². The first-order chi connectivity index (χ1) is 11.9. The van der Waals surface area contributed by atoms with Gasteiger partial charge in [0.15, 0.2) is 5.82 Å². The number of hydrogen-bond donors (Lipinski definition) is 1. The van der Waals surface area contributed by atoms with E-state index in [0.29, 0.717) is 17.3 Å². The van der Waals surface area contributed by atoms with E-state index < -0.39 is 11.2 Å². The molecule has 0 bridgehead atoms. The van der Waals surface area contributed by atoms with Crippen molar-refractivity contribution in [1.82, 2.24) is 19.3 Å². The first kappa shape index (κ1) is 17.0. The van der Waals surface area contributed by atoms with Gasteiger partial charge in [-0.2, -0.15) is 4.98 Å². The molecule has 2 aromatic heterocycles. The van der Waals surface area contributed by atoms with E-state index >= 15 is 0 Å². The Bertz CT molecular complexity index is 970. The number of halogens is 1. The number of nitrogens with two attached hydrogens (primary N) is 1. The van der Waals surface area contributed by atoms with Crippen molar-refractivity contribution in [2.75, 3.05) is 5.73 Å². The van der Waals surface area contributed by atoms with Crippen molar-refractivity contribution < 1.29 is 4.52 Å². The van der Waals surface area contributed by atoms with Gasteiger partial charge in [-0.1, -0.05) is 28.9 Å². The smallest absolute Gasteiger partial charge is 0.331 e. The number of rotatable bonds is 5. The minimum Gasteiger partial charge on any atom is -0.393 e. The van der Waals surface area contributed by atoms with Gasteiger partial charge < -0.3 is 14.8 Å². The summed E-state index contributed by atoms with van der Waals surface area (Å²) in [7, 11) is 1.51. The zero-order valence-corrected chi connectivity index (χ0v) is 14.2. The van der Waals surface area contributed by atoms with Crippen LogP contribution in [-0.4, -0.2) is 19.3 Å². The topological polar surface area (TPSA) is 109 Å². The lowest BCUT2D eigenvalue weighted by molar-refractivity contribution is 0.361. The molecule has 3 rings (SSSR count). The van der Waals surface area contributed by atoms with Crippen LogP contribution in [0.4, 0.5) is 5.69 Å². The first-order valence-corrected chi connectivity index (χ1v) is 7.93. The van der Waals surface area contributed by atoms with E-state index in [2.05, 4.69) is 10.1 Å². The Morgan fingerprint density at radius 2 is 1.92 bits per heavy atom. The van der Waals surface area contributed by atoms with E-state index in [4.69, 9.17) is 21.9 Å². The Hall–Kier alpha value is -2.87. The quantitative estimate of drug-likeness (QED) is 0.726. The number of nitrogens with zero attached hydrogens (tertiary/aromatic N) is 4. The highest BCUT2D eigenvalue weighted by Gasteiger charge is 2.13. The molecule has 2 heterocycles. The standard InChI is InChI=1S/C16H16ClN5O3/c1-21-8-12(18)15(23)22(16(21)24)9-14-19-13(20-25-14)7-4-10-2-5-11(17)6-3-10/h2-3,5-6,8H,4,7,9,18H2,1H3. The van der Waals surface area contributed by atoms with Crippen LogP contribution in [0.3, 0.4) is 0 Å². The molecule has 25 heavy (non-hydrogen) atoms. The maximum Gasteiger partial charge on any atom is 0.331 e. The van der Waals surface area contributed by atoms with E-state index in [-0.39, 0.29) is 18.1 Å². The van der Waals surface area contributed by atoms with Gasteiger partial charge in [-0.25, -0.2) is 9.36 Å². The maximum absolute atomic E-state index is 12.1. The molecular formula is C16H16ClN5O3. The monoisotopic (exact) mass is 361 g/mol. The summed E-state index contributed by atoms with van der Waals surface area (Å²) in [6, 6.07) is 7.50. The van der Waals surface area contributed by atoms with Crippen LogP contribution < -0.4 is 17.0 Å². The van der Waals surface area contributed by atoms with Crippen molar-refractivity contribution in [1.29, 1.82) is 0 Å². The Kier molecular flexibility index (Phi) is 4.71. The molecule has 0 spiro atoms. The second-order valence-corrected chi connectivity index (χ2v) is 6.04. The molecule has 0 radical (unpaired) electrons. The fourth-order valence-electron chi connectivity index (χ4n) is 2.39. The van der Waals surface area contributed by atoms with Crippen LogP contribution in [0.1, 0.15) is 17.3 Å². The number of aromatic nitrogens is 4. The van der Waals surface area contributed by atoms with Crippen molar-refractivity contribution in [3.05, 3.63) is 73.6 Å². The van der Waals surface area contributed by atoms with Gasteiger partial charge in [0.05, 0.1) is 0 Å². The van der Waals surface area contributed by atoms with Crippen LogP contribution in [0, 0.1) is 0 Å². The largest absolute Gasteiger partial charge is 0.393 e. The molecule has 0 aliphatic rings. The lowest BCUT2D eigenvalue weighted by Gasteiger charge is -2.05. The second-order valence-electron chi connectivity index (χ2n) is 5.60. The Labute approximate surface area is 147 Å². The second kappa shape index (κ2) is 6.94. The van der Waals surface area contributed by atoms with Crippen molar-refractivity contribution in [2.45, 2.75) is 19.4 Å². The van der Waals surface area contributed by atoms with Crippen molar-refractivity contribution in [3.8, 4) is 0 Å². The molecular weight excluding hydrogens is 346 g/mol. The normalized spacial score (nSPS) is 11.0. The van der Waals surface area contributed by atoms with Crippen LogP contribution in [0.5, 0.6) is 0 Å². The molecule has 0 unspecified atom stereocenters. The fourth-order valence-corrected chi connectivity index (χ4v) is 2.52. The number of nitrogen functional groups attached to an aromatic ring is 1. The fraction of sp³-hybridized carbons (Fsp3) is 0.250. The summed E-state index contributed by atoms with van der Waals surface area (Å²) in [5.74, 6) is 0.676. The summed E-state index contributed by atoms with van der Waals surface area (Å²) < 4.78 is 7.33. The minimum atomic E-state index is -0.580. The van der Waals surface area contributed by atoms with E-state index in [1.807, 2.05) is 24.3 Å². The zero-order chi connectivity index (χ0) is 18.0. The van der Waals surface area contributed by atoms with Gasteiger partial charge in [-0.05, 0) is 24.1 Å². The van der Waals surface area contributed by atoms with Crippen molar-refractivity contribution in [2.24, 2.45) is 7.05 Å². The summed E-state index contributed by atoms with van der Waals surface area (Å²) in [4.78, 5) is 28.3. The third-order valence-corrected chi connectivity index (χ3v) is 3.96. The lowest BCUT2D eigenvalue weighted by Crippen LogP contribution is -2.40. The summed E-state index contributed by atoms with van der Waals surface area (Å²) in [5.41, 5.74) is 5.59. The molecule has 0 aliphatic heterocycles. The molecule has 0 saturated carbocycles. The highest BCUT2D eigenvalue weighted by Crippen LogP contribution is 2.11. The summed E-state index contributed by atoms with van der Waals surface area (Å²) in [6.07, 6.45) is 2.57. The van der Waals surface area contributed by atoms with Crippen LogP contribution in [0.25, 0.3) is 0 Å². The highest BCUT2D eigenvalue weighted by molar-refractivity contribution is 6.30. The summed E-state index contributed by atoms with van der Waals surface area (Å²) >= 11 is 5.85. The number of hydrogen-bond acceptors (Lipinski definition) is 6. The summed E-state index contributed by atoms with van der Waals surface area (Å²) in [5, 5.41) is 4.56. The molecule has 0 fully saturated rings. The maximum atomic E-state index is 12.1. The molecule has 130 valence electrons. The molecule has 2 N–H and O–H groups in total. The molecule has 0 saturated heterocycles. The highest BCUT2D eigenvalue weighted by atomic mass is 35.5. The van der Waals surface area contributed by atoms with E-state index in [1.54, 1.807) is 0 Å². The molecule has 0 amide bonds. The summed E-state index contributed by atoms with van der Waals surface area (Å²) in [6.45, 7) is -0.121. The van der Waals surface area contributed by atoms with Gasteiger partial charge in [0, 0.05) is 24.7 Å². The average Bonchev–Trinajstić information content (AvgIpc) is 3.04. The van der Waals surface area contributed by atoms with Gasteiger partial charge in [-0.15, -0.1) is 0 Å². The van der Waals surface area contributed by atoms with Gasteiger partial charge >= 0.3 is 5.69 Å². The van der Waals surface area contributed by atoms with Gasteiger partial charge in [0.2, 0.25) is 5.89 Å². The van der Waals surface area contributed by atoms with E-state index in [9.17, 15) is 9.59 Å². The average molecular weight is 362 g/mol. The SMILES string of the molecule is Cn1cc(N)c(=O)n(Cc2nc(CCc3ccc(Cl)cc3)no2)c1=O. The Balaban J connectivity index is 1.73. The van der Waals surface area contributed by atoms with Crippen LogP contribution in [-0.2, 0) is 26.4 Å².